The Balaban J connectivity index is 1.27. The summed E-state index contributed by atoms with van der Waals surface area (Å²) in [7, 11) is 5.54. The van der Waals surface area contributed by atoms with Crippen molar-refractivity contribution in [3.05, 3.63) is 41.5 Å². The molecule has 1 aromatic rings. The molecular formula is C55H90N6O6S2. The highest BCUT2D eigenvalue weighted by atomic mass is 33.1. The van der Waals surface area contributed by atoms with Crippen LogP contribution in [0.3, 0.4) is 0 Å². The molecule has 12 nitrogen and oxygen atoms in total. The van der Waals surface area contributed by atoms with Gasteiger partial charge in [0, 0.05) is 66.2 Å². The minimum atomic E-state index is -1.40. The third kappa shape index (κ3) is 10.1. The quantitative estimate of drug-likeness (QED) is 0.0368. The molecule has 388 valence electrons. The number of aliphatic hydroxyl groups excluding tert-OH is 4. The number of allylic oxidation sites excluding steroid dienone is 2. The van der Waals surface area contributed by atoms with Gasteiger partial charge in [-0.05, 0) is 149 Å². The van der Waals surface area contributed by atoms with Crippen molar-refractivity contribution < 1.29 is 30.3 Å². The molecule has 0 radical (unpaired) electrons. The van der Waals surface area contributed by atoms with E-state index in [1.54, 1.807) is 18.6 Å². The molecule has 69 heavy (non-hydrogen) atoms. The van der Waals surface area contributed by atoms with E-state index in [0.717, 1.165) is 43.4 Å². The van der Waals surface area contributed by atoms with Crippen LogP contribution in [0.2, 0.25) is 0 Å². The van der Waals surface area contributed by atoms with Crippen molar-refractivity contribution in [1.82, 2.24) is 20.2 Å². The predicted molar refractivity (Wildman–Crippen MR) is 280 cm³/mol. The fourth-order valence-electron chi connectivity index (χ4n) is 16.8. The molecule has 0 unspecified atom stereocenters. The highest BCUT2D eigenvalue weighted by Crippen LogP contribution is 2.73. The van der Waals surface area contributed by atoms with Gasteiger partial charge in [0.15, 0.2) is 11.7 Å². The smallest absolute Gasteiger partial charge is 0.190 e. The number of aromatic nitrogens is 2. The molecule has 6 fully saturated rings. The molecule has 0 aromatic carbocycles. The van der Waals surface area contributed by atoms with Crippen LogP contribution in [0.5, 0.6) is 0 Å². The molecule has 2 heterocycles. The van der Waals surface area contributed by atoms with Gasteiger partial charge in [-0.25, -0.2) is 4.98 Å². The normalized spacial score (nSPS) is 42.1. The van der Waals surface area contributed by atoms with Crippen molar-refractivity contribution in [3.63, 3.8) is 0 Å². The molecule has 6 aliphatic carbocycles. The van der Waals surface area contributed by atoms with Crippen molar-refractivity contribution in [3.8, 4) is 0 Å². The van der Waals surface area contributed by atoms with E-state index in [2.05, 4.69) is 67.9 Å². The zero-order chi connectivity index (χ0) is 49.7. The van der Waals surface area contributed by atoms with E-state index in [1.165, 1.54) is 44.1 Å². The van der Waals surface area contributed by atoms with Gasteiger partial charge in [0.05, 0.1) is 30.2 Å². The fourth-order valence-corrected chi connectivity index (χ4v) is 19.6. The van der Waals surface area contributed by atoms with Crippen LogP contribution in [0, 0.1) is 69.0 Å². The molecule has 1 spiro atoms. The van der Waals surface area contributed by atoms with E-state index in [-0.39, 0.29) is 59.2 Å². The van der Waals surface area contributed by atoms with Gasteiger partial charge in [0.25, 0.3) is 0 Å². The third-order valence-electron chi connectivity index (χ3n) is 19.8. The number of nitrogens with one attached hydrogen (secondary N) is 2. The van der Waals surface area contributed by atoms with Crippen LogP contribution < -0.4 is 16.4 Å². The summed E-state index contributed by atoms with van der Waals surface area (Å²) in [5, 5.41) is 67.7. The van der Waals surface area contributed by atoms with Gasteiger partial charge in [0.1, 0.15) is 6.23 Å². The summed E-state index contributed by atoms with van der Waals surface area (Å²) in [5.41, 5.74) is 7.54. The van der Waals surface area contributed by atoms with Gasteiger partial charge in [0.2, 0.25) is 0 Å². The Labute approximate surface area is 422 Å². The second-order valence-electron chi connectivity index (χ2n) is 25.0. The molecule has 15 atom stereocenters. The molecule has 14 heteroatoms. The van der Waals surface area contributed by atoms with Crippen LogP contribution in [0.25, 0.3) is 0 Å². The summed E-state index contributed by atoms with van der Waals surface area (Å²) in [6, 6.07) is 0.179. The van der Waals surface area contributed by atoms with Gasteiger partial charge in [-0.3, -0.25) is 9.79 Å². The minimum absolute atomic E-state index is 0.0652. The number of imidazole rings is 1. The number of hydrogen-bond donors (Lipinski definition) is 8. The monoisotopic (exact) mass is 995 g/mol. The van der Waals surface area contributed by atoms with Crippen LogP contribution in [0.4, 0.5) is 0 Å². The number of fused-ring (bicyclic) bond motifs is 9. The first-order valence-electron chi connectivity index (χ1n) is 27.0. The van der Waals surface area contributed by atoms with Crippen LogP contribution in [0.1, 0.15) is 157 Å². The summed E-state index contributed by atoms with van der Waals surface area (Å²) in [5.74, 6) is -0.0677. The van der Waals surface area contributed by atoms with Crippen molar-refractivity contribution in [2.24, 2.45) is 79.7 Å². The Kier molecular flexibility index (Phi) is 16.4. The first-order valence-corrected chi connectivity index (χ1v) is 29.5. The molecular weight excluding hydrogens is 905 g/mol. The lowest BCUT2D eigenvalue weighted by Crippen LogP contribution is -2.68. The van der Waals surface area contributed by atoms with Crippen molar-refractivity contribution >= 4 is 33.3 Å². The number of hydrogen-bond acceptors (Lipinski definition) is 11. The first-order chi connectivity index (χ1) is 32.7. The van der Waals surface area contributed by atoms with Gasteiger partial charge < -0.3 is 46.5 Å². The predicted octanol–water partition coefficient (Wildman–Crippen LogP) is 8.20. The van der Waals surface area contributed by atoms with Crippen molar-refractivity contribution in [1.29, 1.82) is 0 Å². The van der Waals surface area contributed by atoms with Gasteiger partial charge in [-0.1, -0.05) is 100.0 Å². The average molecular weight is 995 g/mol. The third-order valence-corrected chi connectivity index (χ3v) is 22.3. The van der Waals surface area contributed by atoms with Crippen LogP contribution in [-0.4, -0.2) is 109 Å². The Bertz CT molecular complexity index is 2040. The standard InChI is InChI=1S/C55H90N6O6S2/c1-33(2)13-11-18-54-27-46(65)49(66)40(29-57-8)48(54)45(64)23-43-47(54)37(28-59-50(56)60-35(4)62)24-52(7)41-21-38(55(43,52)67)30-68-69-31-39(61-20-19-58-32-61)26-51(5,6)42(22-44(63)34(41)3)36-14-12-17-53(25-36)15-9-10-16-53/h19-20,23,32-35,37-41,44,46-49,57,62-63,65-67H,9-18,21-22,24-31H2,1-8H3,(H3,56,59,60)/b42-36+/t34-,35+,37+,38-,39+,40+,41+,44+,46-,47-,48-,49+,52+,54+,55+/m0/s1. The summed E-state index contributed by atoms with van der Waals surface area (Å²) >= 11 is 0. The molecule has 1 saturated heterocycles. The van der Waals surface area contributed by atoms with Crippen LogP contribution in [0.15, 0.2) is 46.5 Å². The van der Waals surface area contributed by atoms with E-state index >= 15 is 4.79 Å². The number of carbonyl (C=O) groups excluding carboxylic acids is 1. The van der Waals surface area contributed by atoms with E-state index < -0.39 is 52.8 Å². The topological polar surface area (TPSA) is 198 Å². The Morgan fingerprint density at radius 2 is 1.74 bits per heavy atom. The summed E-state index contributed by atoms with van der Waals surface area (Å²) in [4.78, 5) is 24.9. The van der Waals surface area contributed by atoms with Gasteiger partial charge in [-0.2, -0.15) is 0 Å². The lowest BCUT2D eigenvalue weighted by molar-refractivity contribution is -0.188. The Hall–Kier alpha value is -1.91. The highest BCUT2D eigenvalue weighted by Gasteiger charge is 2.73. The first kappa shape index (κ1) is 53.4. The number of ketones is 1. The van der Waals surface area contributed by atoms with E-state index in [1.807, 2.05) is 41.2 Å². The van der Waals surface area contributed by atoms with Crippen molar-refractivity contribution in [2.75, 3.05) is 31.6 Å². The second kappa shape index (κ2) is 21.1. The number of nitrogens with two attached hydrogens (primary N) is 1. The summed E-state index contributed by atoms with van der Waals surface area (Å²) < 4.78 is 2.28. The van der Waals surface area contributed by atoms with E-state index in [4.69, 9.17) is 10.7 Å². The van der Waals surface area contributed by atoms with Gasteiger partial charge >= 0.3 is 0 Å². The number of aliphatic imine (C=N–C) groups is 1. The molecule has 8 rings (SSSR count). The molecule has 1 aliphatic heterocycles. The zero-order valence-corrected chi connectivity index (χ0v) is 45.0. The van der Waals surface area contributed by atoms with Crippen LogP contribution >= 0.6 is 21.6 Å². The lowest BCUT2D eigenvalue weighted by atomic mass is 9.40. The Morgan fingerprint density at radius 3 is 2.42 bits per heavy atom. The van der Waals surface area contributed by atoms with Gasteiger partial charge in [-0.15, -0.1) is 0 Å². The van der Waals surface area contributed by atoms with E-state index in [9.17, 15) is 25.5 Å². The van der Waals surface area contributed by atoms with E-state index in [0.29, 0.717) is 55.9 Å². The SMILES string of the molecule is CNC[C@H]1[C@@H](O)[C@@H](O)C[C@]2(CCCC(C)C)[C@@H]3C(=CC(=O)[C@H]12)[C@]1(O)[C@@H]2CSSC[C@H](n4ccnc4)CC(C)(C)/C(=C4\CCCC5(CCCC5)C4)C[C@@H](O)[C@@H](C)[C@@H](C2)[C@@]1(C)C[C@@H]3CN=C(N)N[C@@H](C)O. The molecule has 7 aliphatic rings. The fraction of sp³-hybridized carbons (Fsp3) is 0.836. The highest BCUT2D eigenvalue weighted by molar-refractivity contribution is 8.76. The molecule has 1 aromatic heterocycles. The number of aliphatic hydroxyl groups is 5. The molecule has 0 amide bonds. The summed E-state index contributed by atoms with van der Waals surface area (Å²) in [6.07, 6.45) is 19.5. The number of nitrogens with zero attached hydrogens (tertiary/aromatic N) is 3. The Morgan fingerprint density at radius 1 is 1.01 bits per heavy atom. The van der Waals surface area contributed by atoms with Crippen molar-refractivity contribution in [2.45, 2.75) is 187 Å². The van der Waals surface area contributed by atoms with Crippen LogP contribution in [-0.2, 0) is 4.79 Å². The molecule has 2 bridgehead atoms. The maximum Gasteiger partial charge on any atom is 0.190 e. The largest absolute Gasteiger partial charge is 0.393 e. The zero-order valence-electron chi connectivity index (χ0n) is 43.3. The summed E-state index contributed by atoms with van der Waals surface area (Å²) in [6.45, 7) is 16.0. The minimum Gasteiger partial charge on any atom is -0.393 e. The maximum atomic E-state index is 15.4. The molecule has 9 N–H and O–H groups in total. The number of guanidine groups is 1. The number of carbonyl (C=O) groups is 1. The number of rotatable bonds is 10. The maximum absolute atomic E-state index is 15.4. The average Bonchev–Trinajstić information content (AvgIpc) is 4.03. The molecule has 5 saturated carbocycles. The second-order valence-corrected chi connectivity index (χ2v) is 27.5. The lowest BCUT2D eigenvalue weighted by Gasteiger charge is -2.65.